The summed E-state index contributed by atoms with van der Waals surface area (Å²) in [6, 6.07) is 5.13. The Morgan fingerprint density at radius 1 is 1.50 bits per heavy atom. The first-order valence-electron chi connectivity index (χ1n) is 6.19. The van der Waals surface area contributed by atoms with E-state index in [0.29, 0.717) is 11.0 Å². The minimum Gasteiger partial charge on any atom is -0.478 e. The van der Waals surface area contributed by atoms with Crippen LogP contribution in [0.25, 0.3) is 11.0 Å². The SMILES string of the molecule is Cc1nc2ccc(C(=O)O)cc2n1CC1(C)CC1. The summed E-state index contributed by atoms with van der Waals surface area (Å²) in [4.78, 5) is 15.5. The molecule has 1 aromatic heterocycles. The van der Waals surface area contributed by atoms with Gasteiger partial charge >= 0.3 is 5.97 Å². The van der Waals surface area contributed by atoms with Crippen molar-refractivity contribution in [2.45, 2.75) is 33.2 Å². The highest BCUT2D eigenvalue weighted by atomic mass is 16.4. The number of aryl methyl sites for hydroxylation is 1. The molecule has 2 aromatic rings. The van der Waals surface area contributed by atoms with Gasteiger partial charge in [0, 0.05) is 6.54 Å². The van der Waals surface area contributed by atoms with Gasteiger partial charge in [0.1, 0.15) is 5.82 Å². The fraction of sp³-hybridized carbons (Fsp3) is 0.429. The smallest absolute Gasteiger partial charge is 0.335 e. The van der Waals surface area contributed by atoms with Crippen molar-refractivity contribution in [3.63, 3.8) is 0 Å². The summed E-state index contributed by atoms with van der Waals surface area (Å²) in [5, 5.41) is 9.06. The number of benzene rings is 1. The molecule has 1 saturated carbocycles. The predicted molar refractivity (Wildman–Crippen MR) is 68.8 cm³/mol. The van der Waals surface area contributed by atoms with Gasteiger partial charge in [0.15, 0.2) is 0 Å². The number of aromatic carboxylic acids is 1. The van der Waals surface area contributed by atoms with Crippen LogP contribution in [0.1, 0.15) is 35.9 Å². The molecule has 0 atom stereocenters. The van der Waals surface area contributed by atoms with Crippen molar-refractivity contribution < 1.29 is 9.90 Å². The lowest BCUT2D eigenvalue weighted by atomic mass is 10.1. The van der Waals surface area contributed by atoms with E-state index < -0.39 is 5.97 Å². The van der Waals surface area contributed by atoms with Gasteiger partial charge in [-0.2, -0.15) is 0 Å². The van der Waals surface area contributed by atoms with Crippen molar-refractivity contribution >= 4 is 17.0 Å². The monoisotopic (exact) mass is 244 g/mol. The molecule has 1 aromatic carbocycles. The summed E-state index contributed by atoms with van der Waals surface area (Å²) in [7, 11) is 0. The fourth-order valence-corrected chi connectivity index (χ4v) is 2.33. The molecule has 0 unspecified atom stereocenters. The van der Waals surface area contributed by atoms with Crippen LogP contribution in [0.5, 0.6) is 0 Å². The standard InChI is InChI=1S/C14H16N2O2/c1-9-15-11-4-3-10(13(17)18)7-12(11)16(9)8-14(2)5-6-14/h3-4,7H,5-6,8H2,1-2H3,(H,17,18). The Morgan fingerprint density at radius 3 is 2.83 bits per heavy atom. The quantitative estimate of drug-likeness (QED) is 0.903. The van der Waals surface area contributed by atoms with E-state index in [1.54, 1.807) is 18.2 Å². The summed E-state index contributed by atoms with van der Waals surface area (Å²) >= 11 is 0. The third-order valence-electron chi connectivity index (χ3n) is 3.83. The zero-order valence-electron chi connectivity index (χ0n) is 10.6. The number of carboxylic acid groups (broad SMARTS) is 1. The van der Waals surface area contributed by atoms with Gasteiger partial charge in [0.05, 0.1) is 16.6 Å². The highest BCUT2D eigenvalue weighted by molar-refractivity contribution is 5.92. The second kappa shape index (κ2) is 3.57. The Balaban J connectivity index is 2.13. The number of aromatic nitrogens is 2. The normalized spacial score (nSPS) is 17.0. The number of carboxylic acids is 1. The third kappa shape index (κ3) is 1.78. The molecule has 1 fully saturated rings. The Morgan fingerprint density at radius 2 is 2.22 bits per heavy atom. The van der Waals surface area contributed by atoms with Crippen LogP contribution in [-0.4, -0.2) is 20.6 Å². The van der Waals surface area contributed by atoms with Gasteiger partial charge in [-0.25, -0.2) is 9.78 Å². The summed E-state index contributed by atoms with van der Waals surface area (Å²) in [5.41, 5.74) is 2.50. The molecular weight excluding hydrogens is 228 g/mol. The Bertz CT molecular complexity index is 639. The van der Waals surface area contributed by atoms with E-state index in [2.05, 4.69) is 16.5 Å². The molecule has 0 bridgehead atoms. The van der Waals surface area contributed by atoms with Crippen LogP contribution in [-0.2, 0) is 6.54 Å². The molecule has 0 amide bonds. The van der Waals surface area contributed by atoms with E-state index in [4.69, 9.17) is 5.11 Å². The molecule has 4 nitrogen and oxygen atoms in total. The molecule has 1 aliphatic rings. The molecule has 18 heavy (non-hydrogen) atoms. The molecule has 3 rings (SSSR count). The first kappa shape index (κ1) is 11.3. The van der Waals surface area contributed by atoms with E-state index in [-0.39, 0.29) is 0 Å². The zero-order valence-corrected chi connectivity index (χ0v) is 10.6. The van der Waals surface area contributed by atoms with Crippen molar-refractivity contribution in [1.29, 1.82) is 0 Å². The van der Waals surface area contributed by atoms with Gasteiger partial charge in [-0.3, -0.25) is 0 Å². The van der Waals surface area contributed by atoms with E-state index in [1.165, 1.54) is 12.8 Å². The lowest BCUT2D eigenvalue weighted by Crippen LogP contribution is -2.09. The van der Waals surface area contributed by atoms with Crippen LogP contribution in [0, 0.1) is 12.3 Å². The summed E-state index contributed by atoms with van der Waals surface area (Å²) in [6.07, 6.45) is 2.48. The maximum Gasteiger partial charge on any atom is 0.335 e. The minimum atomic E-state index is -0.889. The first-order valence-corrected chi connectivity index (χ1v) is 6.19. The van der Waals surface area contributed by atoms with E-state index in [1.807, 2.05) is 6.92 Å². The summed E-state index contributed by atoms with van der Waals surface area (Å²) in [6.45, 7) is 5.17. The maximum absolute atomic E-state index is 11.0. The van der Waals surface area contributed by atoms with Crippen molar-refractivity contribution in [2.24, 2.45) is 5.41 Å². The number of imidazole rings is 1. The number of hydrogen-bond acceptors (Lipinski definition) is 2. The number of carbonyl (C=O) groups is 1. The Kier molecular flexibility index (Phi) is 2.24. The van der Waals surface area contributed by atoms with Crippen LogP contribution < -0.4 is 0 Å². The minimum absolute atomic E-state index is 0.324. The number of hydrogen-bond donors (Lipinski definition) is 1. The van der Waals surface area contributed by atoms with Gasteiger partial charge in [0.25, 0.3) is 0 Å². The van der Waals surface area contributed by atoms with Crippen LogP contribution in [0.15, 0.2) is 18.2 Å². The average molecular weight is 244 g/mol. The Labute approximate surface area is 105 Å². The van der Waals surface area contributed by atoms with E-state index in [0.717, 1.165) is 23.4 Å². The highest BCUT2D eigenvalue weighted by Gasteiger charge is 2.38. The number of nitrogens with zero attached hydrogens (tertiary/aromatic N) is 2. The van der Waals surface area contributed by atoms with Crippen LogP contribution in [0.3, 0.4) is 0 Å². The summed E-state index contributed by atoms with van der Waals surface area (Å²) in [5.74, 6) is 0.0700. The second-order valence-corrected chi connectivity index (χ2v) is 5.56. The molecule has 0 spiro atoms. The van der Waals surface area contributed by atoms with Crippen LogP contribution >= 0.6 is 0 Å². The molecular formula is C14H16N2O2. The summed E-state index contributed by atoms with van der Waals surface area (Å²) < 4.78 is 2.15. The van der Waals surface area contributed by atoms with Crippen LogP contribution in [0.4, 0.5) is 0 Å². The predicted octanol–water partition coefficient (Wildman–Crippen LogP) is 2.84. The third-order valence-corrected chi connectivity index (χ3v) is 3.83. The molecule has 0 radical (unpaired) electrons. The van der Waals surface area contributed by atoms with Gasteiger partial charge in [-0.15, -0.1) is 0 Å². The fourth-order valence-electron chi connectivity index (χ4n) is 2.33. The molecule has 1 heterocycles. The van der Waals surface area contributed by atoms with Crippen LogP contribution in [0.2, 0.25) is 0 Å². The Hall–Kier alpha value is -1.84. The van der Waals surface area contributed by atoms with Crippen molar-refractivity contribution in [1.82, 2.24) is 9.55 Å². The molecule has 1 aliphatic carbocycles. The molecule has 94 valence electrons. The van der Waals surface area contributed by atoms with Gasteiger partial charge in [0.2, 0.25) is 0 Å². The molecule has 1 N–H and O–H groups in total. The lowest BCUT2D eigenvalue weighted by molar-refractivity contribution is 0.0697. The lowest BCUT2D eigenvalue weighted by Gasteiger charge is -2.12. The largest absolute Gasteiger partial charge is 0.478 e. The van der Waals surface area contributed by atoms with Gasteiger partial charge in [-0.1, -0.05) is 6.92 Å². The van der Waals surface area contributed by atoms with Crippen molar-refractivity contribution in [3.8, 4) is 0 Å². The van der Waals surface area contributed by atoms with Crippen molar-refractivity contribution in [3.05, 3.63) is 29.6 Å². The van der Waals surface area contributed by atoms with Crippen molar-refractivity contribution in [2.75, 3.05) is 0 Å². The average Bonchev–Trinajstić information content (AvgIpc) is 2.96. The molecule has 0 saturated heterocycles. The molecule has 4 heteroatoms. The number of fused-ring (bicyclic) bond motifs is 1. The maximum atomic E-state index is 11.0. The zero-order chi connectivity index (χ0) is 12.9. The highest BCUT2D eigenvalue weighted by Crippen LogP contribution is 2.47. The molecule has 0 aliphatic heterocycles. The van der Waals surface area contributed by atoms with E-state index in [9.17, 15) is 4.79 Å². The number of rotatable bonds is 3. The van der Waals surface area contributed by atoms with E-state index >= 15 is 0 Å². The first-order chi connectivity index (χ1) is 8.48. The van der Waals surface area contributed by atoms with Gasteiger partial charge < -0.3 is 9.67 Å². The topological polar surface area (TPSA) is 55.1 Å². The van der Waals surface area contributed by atoms with Gasteiger partial charge in [-0.05, 0) is 43.4 Å². The second-order valence-electron chi connectivity index (χ2n) is 5.56.